The maximum atomic E-state index is 6.24. The van der Waals surface area contributed by atoms with Crippen molar-refractivity contribution in [2.75, 3.05) is 13.2 Å². The molecule has 1 aromatic rings. The molecule has 0 spiro atoms. The van der Waals surface area contributed by atoms with E-state index in [0.29, 0.717) is 18.6 Å². The third-order valence-corrected chi connectivity index (χ3v) is 4.94. The first-order chi connectivity index (χ1) is 10.3. The molecule has 0 saturated heterocycles. The zero-order valence-corrected chi connectivity index (χ0v) is 13.2. The van der Waals surface area contributed by atoms with Crippen molar-refractivity contribution >= 4 is 0 Å². The highest BCUT2D eigenvalue weighted by Crippen LogP contribution is 2.36. The van der Waals surface area contributed by atoms with Gasteiger partial charge in [-0.25, -0.2) is 0 Å². The Morgan fingerprint density at radius 3 is 2.57 bits per heavy atom. The number of benzene rings is 1. The molecule has 0 bridgehead atoms. The van der Waals surface area contributed by atoms with Gasteiger partial charge < -0.3 is 14.8 Å². The molecule has 1 N–H and O–H groups in total. The van der Waals surface area contributed by atoms with Gasteiger partial charge in [0.2, 0.25) is 0 Å². The summed E-state index contributed by atoms with van der Waals surface area (Å²) in [5.74, 6) is 3.36. The van der Waals surface area contributed by atoms with E-state index in [4.69, 9.17) is 9.47 Å². The fourth-order valence-electron chi connectivity index (χ4n) is 3.70. The van der Waals surface area contributed by atoms with Crippen LogP contribution in [0.25, 0.3) is 0 Å². The van der Waals surface area contributed by atoms with E-state index >= 15 is 0 Å². The lowest BCUT2D eigenvalue weighted by Gasteiger charge is -2.39. The molecule has 0 amide bonds. The van der Waals surface area contributed by atoms with Crippen molar-refractivity contribution in [2.45, 2.75) is 51.7 Å². The Morgan fingerprint density at radius 2 is 1.86 bits per heavy atom. The van der Waals surface area contributed by atoms with E-state index in [9.17, 15) is 0 Å². The SMILES string of the molecule is CCNC(C1CCC(C)CC1)C1COc2ccccc2O1. The van der Waals surface area contributed by atoms with Crippen LogP contribution in [0.2, 0.25) is 0 Å². The highest BCUT2D eigenvalue weighted by Gasteiger charge is 2.35. The normalized spacial score (nSPS) is 29.9. The van der Waals surface area contributed by atoms with Gasteiger partial charge in [0.15, 0.2) is 11.5 Å². The third kappa shape index (κ3) is 3.34. The summed E-state index contributed by atoms with van der Waals surface area (Å²) < 4.78 is 12.1. The summed E-state index contributed by atoms with van der Waals surface area (Å²) in [6.45, 7) is 6.18. The third-order valence-electron chi connectivity index (χ3n) is 4.94. The minimum absolute atomic E-state index is 0.123. The van der Waals surface area contributed by atoms with Crippen molar-refractivity contribution in [2.24, 2.45) is 11.8 Å². The topological polar surface area (TPSA) is 30.5 Å². The molecule has 2 unspecified atom stereocenters. The smallest absolute Gasteiger partial charge is 0.161 e. The number of likely N-dealkylation sites (N-methyl/N-ethyl adjacent to an activating group) is 1. The van der Waals surface area contributed by atoms with Crippen LogP contribution in [-0.2, 0) is 0 Å². The molecule has 0 aromatic heterocycles. The van der Waals surface area contributed by atoms with Crippen LogP contribution in [0.5, 0.6) is 11.5 Å². The maximum Gasteiger partial charge on any atom is 0.161 e. The molecular formula is C18H27NO2. The average molecular weight is 289 g/mol. The number of rotatable bonds is 4. The van der Waals surface area contributed by atoms with Gasteiger partial charge >= 0.3 is 0 Å². The molecule has 21 heavy (non-hydrogen) atoms. The van der Waals surface area contributed by atoms with E-state index in [1.165, 1.54) is 25.7 Å². The maximum absolute atomic E-state index is 6.24. The molecule has 3 rings (SSSR count). The Bertz CT molecular complexity index is 454. The average Bonchev–Trinajstić information content (AvgIpc) is 2.53. The van der Waals surface area contributed by atoms with Crippen molar-refractivity contribution < 1.29 is 9.47 Å². The van der Waals surface area contributed by atoms with Gasteiger partial charge in [-0.1, -0.05) is 38.8 Å². The molecule has 1 aromatic carbocycles. The van der Waals surface area contributed by atoms with Crippen molar-refractivity contribution in [3.05, 3.63) is 24.3 Å². The predicted molar refractivity (Wildman–Crippen MR) is 84.9 cm³/mol. The first kappa shape index (κ1) is 14.7. The Kier molecular flexibility index (Phi) is 4.69. The van der Waals surface area contributed by atoms with E-state index in [-0.39, 0.29) is 6.10 Å². The first-order valence-corrected chi connectivity index (χ1v) is 8.39. The molecule has 2 atom stereocenters. The Hall–Kier alpha value is -1.22. The molecular weight excluding hydrogens is 262 g/mol. The lowest BCUT2D eigenvalue weighted by molar-refractivity contribution is 0.0345. The fourth-order valence-corrected chi connectivity index (χ4v) is 3.70. The van der Waals surface area contributed by atoms with Crippen LogP contribution in [0.4, 0.5) is 0 Å². The number of para-hydroxylation sites is 2. The minimum atomic E-state index is 0.123. The molecule has 1 aliphatic heterocycles. The molecule has 1 aliphatic carbocycles. The van der Waals surface area contributed by atoms with Crippen LogP contribution in [0, 0.1) is 11.8 Å². The van der Waals surface area contributed by atoms with Gasteiger partial charge in [-0.15, -0.1) is 0 Å². The summed E-state index contributed by atoms with van der Waals surface area (Å²) in [6, 6.07) is 8.39. The highest BCUT2D eigenvalue weighted by atomic mass is 16.6. The van der Waals surface area contributed by atoms with Crippen LogP contribution in [-0.4, -0.2) is 25.3 Å². The van der Waals surface area contributed by atoms with Crippen molar-refractivity contribution in [1.82, 2.24) is 5.32 Å². The second kappa shape index (κ2) is 6.69. The van der Waals surface area contributed by atoms with Gasteiger partial charge in [0, 0.05) is 0 Å². The summed E-state index contributed by atoms with van der Waals surface area (Å²) in [7, 11) is 0. The number of fused-ring (bicyclic) bond motifs is 1. The summed E-state index contributed by atoms with van der Waals surface area (Å²) in [4.78, 5) is 0. The van der Waals surface area contributed by atoms with Crippen molar-refractivity contribution in [1.29, 1.82) is 0 Å². The predicted octanol–water partition coefficient (Wildman–Crippen LogP) is 3.63. The molecule has 2 aliphatic rings. The summed E-state index contributed by atoms with van der Waals surface area (Å²) in [6.07, 6.45) is 5.42. The van der Waals surface area contributed by atoms with Crippen LogP contribution >= 0.6 is 0 Å². The number of nitrogens with one attached hydrogen (secondary N) is 1. The van der Waals surface area contributed by atoms with E-state index in [0.717, 1.165) is 24.0 Å². The molecule has 1 saturated carbocycles. The van der Waals surface area contributed by atoms with Gasteiger partial charge in [-0.05, 0) is 43.4 Å². The van der Waals surface area contributed by atoms with Gasteiger partial charge in [0.05, 0.1) is 6.04 Å². The fraction of sp³-hybridized carbons (Fsp3) is 0.667. The number of hydrogen-bond donors (Lipinski definition) is 1. The molecule has 0 radical (unpaired) electrons. The summed E-state index contributed by atoms with van der Waals surface area (Å²) in [5, 5.41) is 3.66. The molecule has 3 nitrogen and oxygen atoms in total. The standard InChI is InChI=1S/C18H27NO2/c1-3-19-18(14-10-8-13(2)9-11-14)17-12-20-15-6-4-5-7-16(15)21-17/h4-7,13-14,17-19H,3,8-12H2,1-2H3. The van der Waals surface area contributed by atoms with Crippen LogP contribution < -0.4 is 14.8 Å². The zero-order chi connectivity index (χ0) is 14.7. The van der Waals surface area contributed by atoms with Crippen LogP contribution in [0.1, 0.15) is 39.5 Å². The number of hydrogen-bond acceptors (Lipinski definition) is 3. The molecule has 3 heteroatoms. The highest BCUT2D eigenvalue weighted by molar-refractivity contribution is 5.40. The monoisotopic (exact) mass is 289 g/mol. The Labute approximate surface area is 128 Å². The number of ether oxygens (including phenoxy) is 2. The lowest BCUT2D eigenvalue weighted by atomic mass is 9.77. The zero-order valence-electron chi connectivity index (χ0n) is 13.2. The molecule has 1 heterocycles. The van der Waals surface area contributed by atoms with Gasteiger partial charge in [-0.2, -0.15) is 0 Å². The van der Waals surface area contributed by atoms with Gasteiger partial charge in [0.1, 0.15) is 12.7 Å². The van der Waals surface area contributed by atoms with Crippen LogP contribution in [0.15, 0.2) is 24.3 Å². The Balaban J connectivity index is 1.70. The van der Waals surface area contributed by atoms with E-state index in [2.05, 4.69) is 19.2 Å². The first-order valence-electron chi connectivity index (χ1n) is 8.39. The van der Waals surface area contributed by atoms with Gasteiger partial charge in [0.25, 0.3) is 0 Å². The summed E-state index contributed by atoms with van der Waals surface area (Å²) in [5.41, 5.74) is 0. The van der Waals surface area contributed by atoms with Crippen LogP contribution in [0.3, 0.4) is 0 Å². The van der Waals surface area contributed by atoms with Gasteiger partial charge in [-0.3, -0.25) is 0 Å². The quantitative estimate of drug-likeness (QED) is 0.918. The molecule has 116 valence electrons. The largest absolute Gasteiger partial charge is 0.486 e. The minimum Gasteiger partial charge on any atom is -0.486 e. The second-order valence-corrected chi connectivity index (χ2v) is 6.52. The lowest BCUT2D eigenvalue weighted by Crippen LogP contribution is -2.52. The van der Waals surface area contributed by atoms with E-state index < -0.39 is 0 Å². The molecule has 1 fully saturated rings. The van der Waals surface area contributed by atoms with E-state index in [1.807, 2.05) is 24.3 Å². The second-order valence-electron chi connectivity index (χ2n) is 6.52. The summed E-state index contributed by atoms with van der Waals surface area (Å²) >= 11 is 0. The Morgan fingerprint density at radius 1 is 1.14 bits per heavy atom. The van der Waals surface area contributed by atoms with Crippen molar-refractivity contribution in [3.8, 4) is 11.5 Å². The van der Waals surface area contributed by atoms with E-state index in [1.54, 1.807) is 0 Å². The van der Waals surface area contributed by atoms with Crippen molar-refractivity contribution in [3.63, 3.8) is 0 Å².